The number of pyridine rings is 1. The highest BCUT2D eigenvalue weighted by Gasteiger charge is 2.25. The lowest BCUT2D eigenvalue weighted by atomic mass is 9.87. The Morgan fingerprint density at radius 1 is 0.462 bits per heavy atom. The zero-order valence-electron chi connectivity index (χ0n) is 28.4. The van der Waals surface area contributed by atoms with Crippen LogP contribution in [0.3, 0.4) is 0 Å². The summed E-state index contributed by atoms with van der Waals surface area (Å²) < 4.78 is 0. The Labute approximate surface area is 302 Å². The number of fused-ring (bicyclic) bond motifs is 6. The second kappa shape index (κ2) is 12.6. The lowest BCUT2D eigenvalue weighted by Crippen LogP contribution is -2.08. The summed E-state index contributed by atoms with van der Waals surface area (Å²) >= 11 is 0. The molecule has 0 radical (unpaired) electrons. The SMILES string of the molecule is C1=CCC(c2nc(-c3cccc4ccccc34)nc(-c3ccccc3)c2-c2cccc(-c3nc4ccccc4c4c3ccc3ccccc34)c2)C=C1. The van der Waals surface area contributed by atoms with E-state index in [1.165, 1.54) is 21.5 Å². The summed E-state index contributed by atoms with van der Waals surface area (Å²) in [5.41, 5.74) is 9.19. The first-order valence-electron chi connectivity index (χ1n) is 17.9. The summed E-state index contributed by atoms with van der Waals surface area (Å²) in [6.45, 7) is 0. The zero-order valence-corrected chi connectivity index (χ0v) is 28.4. The van der Waals surface area contributed by atoms with Crippen LogP contribution in [0.5, 0.6) is 0 Å². The molecule has 0 fully saturated rings. The molecule has 0 bridgehead atoms. The fourth-order valence-corrected chi connectivity index (χ4v) is 7.92. The van der Waals surface area contributed by atoms with Crippen molar-refractivity contribution in [3.8, 4) is 45.0 Å². The van der Waals surface area contributed by atoms with Crippen molar-refractivity contribution in [2.24, 2.45) is 0 Å². The second-order valence-corrected chi connectivity index (χ2v) is 13.5. The standard InChI is InChI=1S/C49H33N3/c1-3-17-34(18-4-1)47-44(48(35-19-5-2-6-20-35)52-49(51-47)40-27-14-21-32-15-7-9-24-38(32)40)36-22-13-23-37(31-36)46-42-30-29-33-16-8-10-25-39(33)45(42)41-26-11-12-28-43(41)50-46/h1-19,21-31,35H,20H2. The Bertz CT molecular complexity index is 2860. The molecule has 1 aliphatic carbocycles. The van der Waals surface area contributed by atoms with Gasteiger partial charge in [0.1, 0.15) is 0 Å². The molecule has 1 aliphatic rings. The Hall–Kier alpha value is -6.71. The van der Waals surface area contributed by atoms with Crippen LogP contribution in [0.1, 0.15) is 18.0 Å². The van der Waals surface area contributed by atoms with E-state index in [1.807, 2.05) is 0 Å². The quantitative estimate of drug-likeness (QED) is 0.172. The van der Waals surface area contributed by atoms with E-state index in [0.717, 1.165) is 78.8 Å². The van der Waals surface area contributed by atoms with Gasteiger partial charge in [0.05, 0.1) is 22.6 Å². The number of allylic oxidation sites excluding steroid dienone is 4. The summed E-state index contributed by atoms with van der Waals surface area (Å²) in [5, 5.41) is 8.31. The minimum Gasteiger partial charge on any atom is -0.247 e. The first kappa shape index (κ1) is 30.1. The highest BCUT2D eigenvalue weighted by molar-refractivity contribution is 6.22. The van der Waals surface area contributed by atoms with Gasteiger partial charge in [-0.1, -0.05) is 170 Å². The van der Waals surface area contributed by atoms with Crippen LogP contribution < -0.4 is 0 Å². The third-order valence-electron chi connectivity index (χ3n) is 10.4. The molecule has 3 heteroatoms. The van der Waals surface area contributed by atoms with E-state index < -0.39 is 0 Å². The minimum absolute atomic E-state index is 0.0915. The maximum Gasteiger partial charge on any atom is 0.160 e. The molecule has 7 aromatic carbocycles. The molecule has 9 aromatic rings. The molecular formula is C49H33N3. The summed E-state index contributed by atoms with van der Waals surface area (Å²) in [5.74, 6) is 0.830. The Morgan fingerprint density at radius 3 is 2.00 bits per heavy atom. The molecule has 0 spiro atoms. The molecule has 1 atom stereocenters. The lowest BCUT2D eigenvalue weighted by molar-refractivity contribution is 0.814. The molecule has 0 saturated carbocycles. The fraction of sp³-hybridized carbons (Fsp3) is 0.0408. The molecule has 1 unspecified atom stereocenters. The molecule has 10 rings (SSSR count). The van der Waals surface area contributed by atoms with Crippen LogP contribution in [-0.4, -0.2) is 15.0 Å². The van der Waals surface area contributed by atoms with Crippen molar-refractivity contribution >= 4 is 43.2 Å². The molecule has 0 aliphatic heterocycles. The second-order valence-electron chi connectivity index (χ2n) is 13.5. The van der Waals surface area contributed by atoms with Crippen molar-refractivity contribution in [2.45, 2.75) is 12.3 Å². The third-order valence-corrected chi connectivity index (χ3v) is 10.4. The average Bonchev–Trinajstić information content (AvgIpc) is 3.23. The van der Waals surface area contributed by atoms with Crippen molar-refractivity contribution in [1.29, 1.82) is 0 Å². The third kappa shape index (κ3) is 5.09. The van der Waals surface area contributed by atoms with Gasteiger partial charge in [-0.25, -0.2) is 15.0 Å². The first-order chi connectivity index (χ1) is 25.8. The van der Waals surface area contributed by atoms with Gasteiger partial charge in [0.25, 0.3) is 0 Å². The fourth-order valence-electron chi connectivity index (χ4n) is 7.92. The molecule has 0 N–H and O–H groups in total. The van der Waals surface area contributed by atoms with Gasteiger partial charge < -0.3 is 0 Å². The van der Waals surface area contributed by atoms with Crippen LogP contribution >= 0.6 is 0 Å². The first-order valence-corrected chi connectivity index (χ1v) is 17.9. The lowest BCUT2D eigenvalue weighted by Gasteiger charge is -2.22. The van der Waals surface area contributed by atoms with Gasteiger partial charge in [-0.2, -0.15) is 0 Å². The zero-order chi connectivity index (χ0) is 34.4. The molecule has 3 nitrogen and oxygen atoms in total. The Balaban J connectivity index is 1.25. The summed E-state index contributed by atoms with van der Waals surface area (Å²) in [7, 11) is 0. The smallest absolute Gasteiger partial charge is 0.160 e. The minimum atomic E-state index is 0.0915. The Kier molecular flexibility index (Phi) is 7.28. The van der Waals surface area contributed by atoms with E-state index >= 15 is 0 Å². The number of nitrogens with zero attached hydrogens (tertiary/aromatic N) is 3. The highest BCUT2D eigenvalue weighted by atomic mass is 14.9. The van der Waals surface area contributed by atoms with Gasteiger partial charge >= 0.3 is 0 Å². The Morgan fingerprint density at radius 2 is 1.15 bits per heavy atom. The monoisotopic (exact) mass is 663 g/mol. The normalized spacial score (nSPS) is 14.1. The molecule has 2 aromatic heterocycles. The topological polar surface area (TPSA) is 38.7 Å². The maximum atomic E-state index is 5.49. The van der Waals surface area contributed by atoms with Gasteiger partial charge in [-0.05, 0) is 45.7 Å². The van der Waals surface area contributed by atoms with Crippen molar-refractivity contribution in [3.05, 3.63) is 188 Å². The predicted octanol–water partition coefficient (Wildman–Crippen LogP) is 12.8. The molecule has 0 saturated heterocycles. The van der Waals surface area contributed by atoms with Crippen LogP contribution in [0.2, 0.25) is 0 Å². The number of hydrogen-bond donors (Lipinski definition) is 0. The van der Waals surface area contributed by atoms with E-state index in [-0.39, 0.29) is 5.92 Å². The van der Waals surface area contributed by atoms with Crippen LogP contribution in [0.15, 0.2) is 182 Å². The van der Waals surface area contributed by atoms with E-state index in [2.05, 4.69) is 182 Å². The number of rotatable bonds is 5. The number of benzene rings is 7. The van der Waals surface area contributed by atoms with Crippen LogP contribution in [-0.2, 0) is 0 Å². The number of aromatic nitrogens is 3. The van der Waals surface area contributed by atoms with Crippen molar-refractivity contribution in [3.63, 3.8) is 0 Å². The predicted molar refractivity (Wildman–Crippen MR) is 217 cm³/mol. The molecule has 244 valence electrons. The van der Waals surface area contributed by atoms with Crippen molar-refractivity contribution < 1.29 is 0 Å². The molecular weight excluding hydrogens is 631 g/mol. The summed E-state index contributed by atoms with van der Waals surface area (Å²) in [4.78, 5) is 16.3. The molecule has 52 heavy (non-hydrogen) atoms. The number of hydrogen-bond acceptors (Lipinski definition) is 3. The van der Waals surface area contributed by atoms with E-state index in [9.17, 15) is 0 Å². The van der Waals surface area contributed by atoms with Gasteiger partial charge in [0, 0.05) is 44.3 Å². The summed E-state index contributed by atoms with van der Waals surface area (Å²) in [6.07, 6.45) is 9.66. The van der Waals surface area contributed by atoms with Gasteiger partial charge in [0.2, 0.25) is 0 Å². The number of para-hydroxylation sites is 1. The van der Waals surface area contributed by atoms with Crippen molar-refractivity contribution in [1.82, 2.24) is 15.0 Å². The van der Waals surface area contributed by atoms with E-state index in [0.29, 0.717) is 0 Å². The van der Waals surface area contributed by atoms with Crippen LogP contribution in [0.25, 0.3) is 88.2 Å². The highest BCUT2D eigenvalue weighted by Crippen LogP contribution is 2.43. The largest absolute Gasteiger partial charge is 0.247 e. The van der Waals surface area contributed by atoms with Crippen molar-refractivity contribution in [2.75, 3.05) is 0 Å². The maximum absolute atomic E-state index is 5.49. The van der Waals surface area contributed by atoms with Gasteiger partial charge in [-0.15, -0.1) is 0 Å². The van der Waals surface area contributed by atoms with Crippen LogP contribution in [0.4, 0.5) is 0 Å². The average molecular weight is 664 g/mol. The van der Waals surface area contributed by atoms with E-state index in [4.69, 9.17) is 15.0 Å². The van der Waals surface area contributed by atoms with Gasteiger partial charge in [0.15, 0.2) is 5.82 Å². The van der Waals surface area contributed by atoms with Gasteiger partial charge in [-0.3, -0.25) is 0 Å². The molecule has 0 amide bonds. The van der Waals surface area contributed by atoms with Crippen LogP contribution in [0, 0.1) is 0 Å². The molecule has 2 heterocycles. The summed E-state index contributed by atoms with van der Waals surface area (Å²) in [6, 6.07) is 55.9. The van der Waals surface area contributed by atoms with E-state index in [1.54, 1.807) is 0 Å².